The molecule has 0 unspecified atom stereocenters. The summed E-state index contributed by atoms with van der Waals surface area (Å²) < 4.78 is 5.47. The van der Waals surface area contributed by atoms with Crippen LogP contribution in [0.1, 0.15) is 19.4 Å². The van der Waals surface area contributed by atoms with Crippen LogP contribution < -0.4 is 0 Å². The first kappa shape index (κ1) is 13.6. The monoisotopic (exact) mass is 258 g/mol. The third kappa shape index (κ3) is 3.32. The number of benzene rings is 2. The summed E-state index contributed by atoms with van der Waals surface area (Å²) in [5, 5.41) is 11.4. The van der Waals surface area contributed by atoms with Gasteiger partial charge in [-0.05, 0) is 30.2 Å². The van der Waals surface area contributed by atoms with Gasteiger partial charge in [-0.1, -0.05) is 42.5 Å². The van der Waals surface area contributed by atoms with Crippen LogP contribution in [0.15, 0.2) is 42.5 Å². The second-order valence-corrected chi connectivity index (χ2v) is 4.85. The standard InChI is InChI=1S/C16H18O3/c1-11(2)19-15(16(17)18)10-13-8-5-7-12-6-3-4-9-14(12)13/h3-9,11,15H,10H2,1-2H3,(H,17,18)/t15-/m1/s1. The molecule has 0 radical (unpaired) electrons. The van der Waals surface area contributed by atoms with E-state index in [2.05, 4.69) is 0 Å². The normalized spacial score (nSPS) is 12.8. The highest BCUT2D eigenvalue weighted by Crippen LogP contribution is 2.20. The van der Waals surface area contributed by atoms with E-state index < -0.39 is 12.1 Å². The Morgan fingerprint density at radius 2 is 1.84 bits per heavy atom. The Balaban J connectivity index is 2.31. The van der Waals surface area contributed by atoms with Crippen molar-refractivity contribution in [1.29, 1.82) is 0 Å². The van der Waals surface area contributed by atoms with Crippen LogP contribution in [0.3, 0.4) is 0 Å². The number of fused-ring (bicyclic) bond motifs is 1. The zero-order valence-corrected chi connectivity index (χ0v) is 11.2. The van der Waals surface area contributed by atoms with E-state index in [1.165, 1.54) is 0 Å². The van der Waals surface area contributed by atoms with Crippen molar-refractivity contribution < 1.29 is 14.6 Å². The minimum absolute atomic E-state index is 0.101. The third-order valence-electron chi connectivity index (χ3n) is 3.00. The molecular formula is C16H18O3. The maximum Gasteiger partial charge on any atom is 0.333 e. The Hall–Kier alpha value is -1.87. The molecule has 1 N–H and O–H groups in total. The molecule has 3 heteroatoms. The molecule has 0 aliphatic rings. The van der Waals surface area contributed by atoms with Gasteiger partial charge in [-0.15, -0.1) is 0 Å². The molecule has 1 atom stereocenters. The van der Waals surface area contributed by atoms with Gasteiger partial charge in [0.1, 0.15) is 0 Å². The highest BCUT2D eigenvalue weighted by molar-refractivity contribution is 5.86. The van der Waals surface area contributed by atoms with E-state index in [0.717, 1.165) is 16.3 Å². The van der Waals surface area contributed by atoms with E-state index in [1.807, 2.05) is 56.3 Å². The van der Waals surface area contributed by atoms with Crippen LogP contribution in [-0.4, -0.2) is 23.3 Å². The van der Waals surface area contributed by atoms with Crippen molar-refractivity contribution in [1.82, 2.24) is 0 Å². The van der Waals surface area contributed by atoms with E-state index in [-0.39, 0.29) is 6.10 Å². The molecular weight excluding hydrogens is 240 g/mol. The van der Waals surface area contributed by atoms with Crippen molar-refractivity contribution in [2.24, 2.45) is 0 Å². The molecule has 0 saturated heterocycles. The van der Waals surface area contributed by atoms with Gasteiger partial charge in [0.25, 0.3) is 0 Å². The molecule has 0 spiro atoms. The van der Waals surface area contributed by atoms with E-state index >= 15 is 0 Å². The number of carbonyl (C=O) groups is 1. The molecule has 100 valence electrons. The highest BCUT2D eigenvalue weighted by Gasteiger charge is 2.20. The van der Waals surface area contributed by atoms with Gasteiger partial charge in [0, 0.05) is 6.42 Å². The number of ether oxygens (including phenoxy) is 1. The summed E-state index contributed by atoms with van der Waals surface area (Å²) in [6.07, 6.45) is -0.517. The number of carboxylic acids is 1. The van der Waals surface area contributed by atoms with Gasteiger partial charge in [0.15, 0.2) is 6.10 Å². The van der Waals surface area contributed by atoms with E-state index in [0.29, 0.717) is 6.42 Å². The molecule has 0 heterocycles. The summed E-state index contributed by atoms with van der Waals surface area (Å²) in [6, 6.07) is 13.9. The first-order chi connectivity index (χ1) is 9.08. The number of aliphatic carboxylic acids is 1. The minimum atomic E-state index is -0.915. The predicted molar refractivity (Wildman–Crippen MR) is 75.3 cm³/mol. The van der Waals surface area contributed by atoms with Crippen molar-refractivity contribution in [3.8, 4) is 0 Å². The molecule has 2 aromatic carbocycles. The number of hydrogen-bond donors (Lipinski definition) is 1. The maximum atomic E-state index is 11.3. The van der Waals surface area contributed by atoms with E-state index in [4.69, 9.17) is 4.74 Å². The fraction of sp³-hybridized carbons (Fsp3) is 0.312. The molecule has 19 heavy (non-hydrogen) atoms. The second-order valence-electron chi connectivity index (χ2n) is 4.85. The molecule has 2 aromatic rings. The fourth-order valence-corrected chi connectivity index (χ4v) is 2.19. The van der Waals surface area contributed by atoms with Crippen molar-refractivity contribution in [3.63, 3.8) is 0 Å². The summed E-state index contributed by atoms with van der Waals surface area (Å²) in [5.74, 6) is -0.915. The Labute approximate surface area is 112 Å². The molecule has 0 aliphatic carbocycles. The summed E-state index contributed by atoms with van der Waals surface area (Å²) in [5.41, 5.74) is 1.01. The quantitative estimate of drug-likeness (QED) is 0.895. The van der Waals surface area contributed by atoms with Crippen LogP contribution in [-0.2, 0) is 16.0 Å². The minimum Gasteiger partial charge on any atom is -0.479 e. The van der Waals surface area contributed by atoms with Crippen molar-refractivity contribution in [3.05, 3.63) is 48.0 Å². The van der Waals surface area contributed by atoms with Gasteiger partial charge in [-0.25, -0.2) is 4.79 Å². The first-order valence-electron chi connectivity index (χ1n) is 6.43. The molecule has 0 saturated carbocycles. The Morgan fingerprint density at radius 3 is 2.53 bits per heavy atom. The summed E-state index contributed by atoms with van der Waals surface area (Å²) >= 11 is 0. The van der Waals surface area contributed by atoms with Crippen LogP contribution in [0.25, 0.3) is 10.8 Å². The molecule has 0 aromatic heterocycles. The van der Waals surface area contributed by atoms with E-state index in [9.17, 15) is 9.90 Å². The van der Waals surface area contributed by atoms with E-state index in [1.54, 1.807) is 0 Å². The Kier molecular flexibility index (Phi) is 4.17. The summed E-state index contributed by atoms with van der Waals surface area (Å²) in [7, 11) is 0. The molecule has 0 bridgehead atoms. The molecule has 0 amide bonds. The van der Waals surface area contributed by atoms with Crippen LogP contribution in [0.4, 0.5) is 0 Å². The maximum absolute atomic E-state index is 11.3. The molecule has 0 aliphatic heterocycles. The van der Waals surface area contributed by atoms with Crippen molar-refractivity contribution in [2.45, 2.75) is 32.5 Å². The highest BCUT2D eigenvalue weighted by atomic mass is 16.5. The summed E-state index contributed by atoms with van der Waals surface area (Å²) in [6.45, 7) is 3.69. The summed E-state index contributed by atoms with van der Waals surface area (Å²) in [4.78, 5) is 11.3. The lowest BCUT2D eigenvalue weighted by molar-refractivity contribution is -0.153. The third-order valence-corrected chi connectivity index (χ3v) is 3.00. The largest absolute Gasteiger partial charge is 0.479 e. The smallest absolute Gasteiger partial charge is 0.333 e. The van der Waals surface area contributed by atoms with Gasteiger partial charge >= 0.3 is 5.97 Å². The van der Waals surface area contributed by atoms with Crippen LogP contribution in [0.2, 0.25) is 0 Å². The lowest BCUT2D eigenvalue weighted by Crippen LogP contribution is -2.29. The first-order valence-corrected chi connectivity index (χ1v) is 6.43. The molecule has 3 nitrogen and oxygen atoms in total. The number of carboxylic acid groups (broad SMARTS) is 1. The van der Waals surface area contributed by atoms with Gasteiger partial charge < -0.3 is 9.84 Å². The average molecular weight is 258 g/mol. The van der Waals surface area contributed by atoms with Gasteiger partial charge in [-0.2, -0.15) is 0 Å². The van der Waals surface area contributed by atoms with Gasteiger partial charge in [0.2, 0.25) is 0 Å². The lowest BCUT2D eigenvalue weighted by Gasteiger charge is -2.17. The van der Waals surface area contributed by atoms with Gasteiger partial charge in [-0.3, -0.25) is 0 Å². The molecule has 2 rings (SSSR count). The Morgan fingerprint density at radius 1 is 1.16 bits per heavy atom. The topological polar surface area (TPSA) is 46.5 Å². The second kappa shape index (κ2) is 5.85. The Bertz CT molecular complexity index is 570. The zero-order chi connectivity index (χ0) is 13.8. The van der Waals surface area contributed by atoms with Crippen molar-refractivity contribution in [2.75, 3.05) is 0 Å². The zero-order valence-electron chi connectivity index (χ0n) is 11.2. The fourth-order valence-electron chi connectivity index (χ4n) is 2.19. The predicted octanol–water partition coefficient (Wildman–Crippen LogP) is 3.26. The van der Waals surface area contributed by atoms with Gasteiger partial charge in [0.05, 0.1) is 6.10 Å². The van der Waals surface area contributed by atoms with Crippen molar-refractivity contribution >= 4 is 16.7 Å². The molecule has 0 fully saturated rings. The SMILES string of the molecule is CC(C)O[C@H](Cc1cccc2ccccc12)C(=O)O. The number of rotatable bonds is 5. The number of hydrogen-bond acceptors (Lipinski definition) is 2. The lowest BCUT2D eigenvalue weighted by atomic mass is 10.00. The average Bonchev–Trinajstić information content (AvgIpc) is 2.37. The van der Waals surface area contributed by atoms with Crippen LogP contribution in [0, 0.1) is 0 Å². The van der Waals surface area contributed by atoms with Crippen LogP contribution in [0.5, 0.6) is 0 Å². The van der Waals surface area contributed by atoms with Crippen LogP contribution >= 0.6 is 0 Å².